The van der Waals surface area contributed by atoms with Gasteiger partial charge in [0.05, 0.1) is 25.4 Å². The van der Waals surface area contributed by atoms with Gasteiger partial charge in [0.2, 0.25) is 5.91 Å². The number of aliphatic hydroxyl groups is 2. The van der Waals surface area contributed by atoms with E-state index in [2.05, 4.69) is 55.6 Å². The molecule has 0 saturated heterocycles. The summed E-state index contributed by atoms with van der Waals surface area (Å²) in [5.41, 5.74) is 0. The number of carbonyl (C=O) groups is 2. The van der Waals surface area contributed by atoms with Crippen molar-refractivity contribution in [3.8, 4) is 0 Å². The number of carbonyl (C=O) groups excluding carboxylic acids is 2. The summed E-state index contributed by atoms with van der Waals surface area (Å²) < 4.78 is 5.47. The van der Waals surface area contributed by atoms with Crippen LogP contribution in [0.5, 0.6) is 0 Å². The van der Waals surface area contributed by atoms with Gasteiger partial charge >= 0.3 is 5.97 Å². The second kappa shape index (κ2) is 54.4. The number of hydrogen-bond donors (Lipinski definition) is 3. The lowest BCUT2D eigenvalue weighted by Crippen LogP contribution is -2.45. The molecule has 65 heavy (non-hydrogen) atoms. The average Bonchev–Trinajstić information content (AvgIpc) is 3.31. The quantitative estimate of drug-likeness (QED) is 0.0321. The fourth-order valence-corrected chi connectivity index (χ4v) is 8.42. The Balaban J connectivity index is 3.47. The number of ether oxygens (including phenoxy) is 1. The lowest BCUT2D eigenvalue weighted by atomic mass is 10.1. The minimum absolute atomic E-state index is 0.00279. The Morgan fingerprint density at radius 3 is 1.18 bits per heavy atom. The second-order valence-corrected chi connectivity index (χ2v) is 19.3. The highest BCUT2D eigenvalue weighted by Gasteiger charge is 2.18. The molecule has 6 heteroatoms. The minimum Gasteiger partial charge on any atom is -0.466 e. The highest BCUT2D eigenvalue weighted by molar-refractivity contribution is 5.76. The van der Waals surface area contributed by atoms with E-state index in [0.717, 1.165) is 64.2 Å². The Morgan fingerprint density at radius 2 is 0.769 bits per heavy atom. The molecule has 380 valence electrons. The standard InChI is InChI=1S/C59H109NO5/c1-3-5-7-9-11-13-15-16-29-33-37-41-45-49-53-59(64)65-54-50-46-42-38-34-30-27-25-23-21-19-17-18-20-22-24-26-28-32-36-40-44-48-52-58(63)60-56(55-61)57(62)51-47-43-39-35-31-14-12-10-8-6-4-2/h15-17,19-20,22,47,51,56-57,61-62H,3-14,18,21,23-46,48-50,52-55H2,1-2H3,(H,60,63)/b16-15-,19-17-,22-20-,51-47+. The summed E-state index contributed by atoms with van der Waals surface area (Å²) >= 11 is 0. The summed E-state index contributed by atoms with van der Waals surface area (Å²) in [6.07, 6.45) is 68.5. The number of aliphatic hydroxyl groups excluding tert-OH is 2. The van der Waals surface area contributed by atoms with E-state index in [-0.39, 0.29) is 18.5 Å². The molecule has 0 rings (SSSR count). The van der Waals surface area contributed by atoms with Crippen LogP contribution < -0.4 is 5.32 Å². The van der Waals surface area contributed by atoms with Gasteiger partial charge in [0.15, 0.2) is 0 Å². The second-order valence-electron chi connectivity index (χ2n) is 19.3. The van der Waals surface area contributed by atoms with Crippen LogP contribution in [0.25, 0.3) is 0 Å². The van der Waals surface area contributed by atoms with Crippen LogP contribution in [0, 0.1) is 0 Å². The van der Waals surface area contributed by atoms with E-state index in [4.69, 9.17) is 4.74 Å². The van der Waals surface area contributed by atoms with E-state index >= 15 is 0 Å². The highest BCUT2D eigenvalue weighted by Crippen LogP contribution is 2.15. The van der Waals surface area contributed by atoms with Crippen LogP contribution >= 0.6 is 0 Å². The summed E-state index contributed by atoms with van der Waals surface area (Å²) in [5, 5.41) is 23.0. The first-order valence-corrected chi connectivity index (χ1v) is 28.4. The number of rotatable bonds is 52. The van der Waals surface area contributed by atoms with Crippen LogP contribution in [0.1, 0.15) is 290 Å². The molecule has 0 saturated carbocycles. The molecule has 1 amide bonds. The summed E-state index contributed by atoms with van der Waals surface area (Å²) in [6, 6.07) is -0.635. The molecule has 0 aromatic carbocycles. The number of amides is 1. The molecule has 3 N–H and O–H groups in total. The third-order valence-electron chi connectivity index (χ3n) is 12.8. The molecule has 0 heterocycles. The monoisotopic (exact) mass is 912 g/mol. The summed E-state index contributed by atoms with van der Waals surface area (Å²) in [7, 11) is 0. The lowest BCUT2D eigenvalue weighted by Gasteiger charge is -2.20. The zero-order valence-electron chi connectivity index (χ0n) is 43.2. The Morgan fingerprint density at radius 1 is 0.431 bits per heavy atom. The van der Waals surface area contributed by atoms with Gasteiger partial charge in [0.1, 0.15) is 0 Å². The molecule has 0 aromatic heterocycles. The largest absolute Gasteiger partial charge is 0.466 e. The normalized spacial score (nSPS) is 13.0. The smallest absolute Gasteiger partial charge is 0.305 e. The van der Waals surface area contributed by atoms with Crippen molar-refractivity contribution in [3.05, 3.63) is 48.6 Å². The van der Waals surface area contributed by atoms with Crippen molar-refractivity contribution >= 4 is 11.9 Å². The van der Waals surface area contributed by atoms with Crippen LogP contribution in [0.15, 0.2) is 48.6 Å². The SMILES string of the molecule is CCCCCCC/C=C\CCCCCCCC(=O)OCCCCCCCCCCC/C=C\C/C=C\CCCCCCCCCC(=O)NC(CO)C(O)/C=C/CCCCCCCCCCC. The number of allylic oxidation sites excluding steroid dienone is 7. The molecule has 0 fully saturated rings. The lowest BCUT2D eigenvalue weighted by molar-refractivity contribution is -0.143. The van der Waals surface area contributed by atoms with Crippen molar-refractivity contribution in [1.29, 1.82) is 0 Å². The zero-order valence-corrected chi connectivity index (χ0v) is 43.2. The maximum absolute atomic E-state index is 12.4. The summed E-state index contributed by atoms with van der Waals surface area (Å²) in [6.45, 7) is 4.86. The van der Waals surface area contributed by atoms with Crippen LogP contribution in [0.4, 0.5) is 0 Å². The van der Waals surface area contributed by atoms with Crippen molar-refractivity contribution in [3.63, 3.8) is 0 Å². The number of unbranched alkanes of at least 4 members (excludes halogenated alkanes) is 35. The van der Waals surface area contributed by atoms with E-state index in [9.17, 15) is 19.8 Å². The van der Waals surface area contributed by atoms with Gasteiger partial charge in [-0.2, -0.15) is 0 Å². The Kier molecular flexibility index (Phi) is 52.6. The van der Waals surface area contributed by atoms with Gasteiger partial charge < -0.3 is 20.3 Å². The number of esters is 1. The molecule has 6 nitrogen and oxygen atoms in total. The van der Waals surface area contributed by atoms with Crippen molar-refractivity contribution < 1.29 is 24.5 Å². The Hall–Kier alpha value is -2.18. The van der Waals surface area contributed by atoms with E-state index < -0.39 is 12.1 Å². The van der Waals surface area contributed by atoms with E-state index in [0.29, 0.717) is 19.4 Å². The van der Waals surface area contributed by atoms with E-state index in [1.807, 2.05) is 6.08 Å². The summed E-state index contributed by atoms with van der Waals surface area (Å²) in [4.78, 5) is 24.4. The van der Waals surface area contributed by atoms with Crippen molar-refractivity contribution in [2.24, 2.45) is 0 Å². The first-order chi connectivity index (χ1) is 32.0. The third kappa shape index (κ3) is 51.1. The van der Waals surface area contributed by atoms with Crippen molar-refractivity contribution in [2.45, 2.75) is 302 Å². The van der Waals surface area contributed by atoms with Crippen LogP contribution in [-0.4, -0.2) is 47.4 Å². The van der Waals surface area contributed by atoms with Crippen molar-refractivity contribution in [2.75, 3.05) is 13.2 Å². The van der Waals surface area contributed by atoms with Gasteiger partial charge in [0.25, 0.3) is 0 Å². The van der Waals surface area contributed by atoms with Gasteiger partial charge in [-0.3, -0.25) is 9.59 Å². The van der Waals surface area contributed by atoms with E-state index in [1.54, 1.807) is 6.08 Å². The maximum Gasteiger partial charge on any atom is 0.305 e. The summed E-state index contributed by atoms with van der Waals surface area (Å²) in [5.74, 6) is -0.0834. The molecule has 2 atom stereocenters. The van der Waals surface area contributed by atoms with Gasteiger partial charge in [-0.15, -0.1) is 0 Å². The molecule has 0 radical (unpaired) electrons. The van der Waals surface area contributed by atoms with Gasteiger partial charge in [0, 0.05) is 12.8 Å². The topological polar surface area (TPSA) is 95.9 Å². The molecule has 2 unspecified atom stereocenters. The Labute approximate surface area is 404 Å². The van der Waals surface area contributed by atoms with E-state index in [1.165, 1.54) is 199 Å². The first-order valence-electron chi connectivity index (χ1n) is 28.4. The molecule has 0 aliphatic heterocycles. The molecular weight excluding hydrogens is 803 g/mol. The maximum atomic E-state index is 12.4. The van der Waals surface area contributed by atoms with Gasteiger partial charge in [-0.05, 0) is 89.9 Å². The fourth-order valence-electron chi connectivity index (χ4n) is 8.42. The van der Waals surface area contributed by atoms with Gasteiger partial charge in [-0.1, -0.05) is 236 Å². The van der Waals surface area contributed by atoms with Crippen molar-refractivity contribution in [1.82, 2.24) is 5.32 Å². The predicted octanol–water partition coefficient (Wildman–Crippen LogP) is 17.4. The third-order valence-corrected chi connectivity index (χ3v) is 12.8. The molecule has 0 spiro atoms. The zero-order chi connectivity index (χ0) is 47.2. The predicted molar refractivity (Wildman–Crippen MR) is 282 cm³/mol. The minimum atomic E-state index is -0.850. The molecule has 0 aliphatic carbocycles. The number of hydrogen-bond acceptors (Lipinski definition) is 5. The molecular formula is C59H109NO5. The van der Waals surface area contributed by atoms with Crippen LogP contribution in [-0.2, 0) is 14.3 Å². The van der Waals surface area contributed by atoms with Crippen LogP contribution in [0.2, 0.25) is 0 Å². The molecule has 0 aliphatic rings. The Bertz CT molecular complexity index is 1100. The first kappa shape index (κ1) is 62.8. The highest BCUT2D eigenvalue weighted by atomic mass is 16.5. The molecule has 0 bridgehead atoms. The van der Waals surface area contributed by atoms with Gasteiger partial charge in [-0.25, -0.2) is 0 Å². The number of nitrogens with one attached hydrogen (secondary N) is 1. The average molecular weight is 913 g/mol. The van der Waals surface area contributed by atoms with Crippen LogP contribution in [0.3, 0.4) is 0 Å². The fraction of sp³-hybridized carbons (Fsp3) is 0.831. The molecule has 0 aromatic rings.